The summed E-state index contributed by atoms with van der Waals surface area (Å²) in [6.45, 7) is 2.16. The molecule has 0 unspecified atom stereocenters. The zero-order valence-electron chi connectivity index (χ0n) is 9.68. The molecule has 0 aliphatic heterocycles. The van der Waals surface area contributed by atoms with Gasteiger partial charge in [0.15, 0.2) is 0 Å². The number of rotatable bonds is 6. The van der Waals surface area contributed by atoms with Crippen molar-refractivity contribution in [2.75, 3.05) is 20.3 Å². The molecule has 90 valence electrons. The number of benzene rings is 1. The number of methoxy groups -OCH3 is 1. The van der Waals surface area contributed by atoms with Crippen LogP contribution in [0.3, 0.4) is 0 Å². The fourth-order valence-corrected chi connectivity index (χ4v) is 1.39. The minimum Gasteiger partial charge on any atom is -0.497 e. The van der Waals surface area contributed by atoms with Crippen LogP contribution in [0.25, 0.3) is 0 Å². The van der Waals surface area contributed by atoms with Crippen molar-refractivity contribution in [3.05, 3.63) is 29.8 Å². The van der Waals surface area contributed by atoms with Gasteiger partial charge in [0.05, 0.1) is 19.8 Å². The fourth-order valence-electron chi connectivity index (χ4n) is 1.39. The van der Waals surface area contributed by atoms with Gasteiger partial charge in [0.1, 0.15) is 5.75 Å². The first kappa shape index (κ1) is 13.0. The molecule has 4 heteroatoms. The van der Waals surface area contributed by atoms with Gasteiger partial charge in [-0.1, -0.05) is 12.1 Å². The Labute approximate surface area is 95.9 Å². The summed E-state index contributed by atoms with van der Waals surface area (Å²) in [6, 6.07) is 7.88. The predicted molar refractivity (Wildman–Crippen MR) is 62.5 cm³/mol. The summed E-state index contributed by atoms with van der Waals surface area (Å²) in [4.78, 5) is 0. The molecule has 0 spiro atoms. The summed E-state index contributed by atoms with van der Waals surface area (Å²) in [5.74, 6) is 0.825. The monoisotopic (exact) mass is 225 g/mol. The molecule has 16 heavy (non-hydrogen) atoms. The predicted octanol–water partition coefficient (Wildman–Crippen LogP) is 0.699. The van der Waals surface area contributed by atoms with Gasteiger partial charge in [-0.25, -0.2) is 0 Å². The molecule has 4 nitrogen and oxygen atoms in total. The molecular weight excluding hydrogens is 206 g/mol. The average molecular weight is 225 g/mol. The summed E-state index contributed by atoms with van der Waals surface area (Å²) in [6.07, 6.45) is -0.708. The number of nitrogens with one attached hydrogen (secondary N) is 1. The van der Waals surface area contributed by atoms with Gasteiger partial charge in [0.25, 0.3) is 0 Å². The van der Waals surface area contributed by atoms with Crippen molar-refractivity contribution in [1.29, 1.82) is 0 Å². The van der Waals surface area contributed by atoms with Crippen LogP contribution in [0.5, 0.6) is 5.75 Å². The zero-order chi connectivity index (χ0) is 12.0. The van der Waals surface area contributed by atoms with E-state index in [0.717, 1.165) is 11.3 Å². The summed E-state index contributed by atoms with van der Waals surface area (Å²) >= 11 is 0. The van der Waals surface area contributed by atoms with Gasteiger partial charge in [-0.05, 0) is 24.6 Å². The van der Waals surface area contributed by atoms with E-state index in [4.69, 9.17) is 9.84 Å². The Bertz CT molecular complexity index is 300. The third-order valence-electron chi connectivity index (χ3n) is 2.49. The van der Waals surface area contributed by atoms with Crippen LogP contribution >= 0.6 is 0 Å². The number of aliphatic hydroxyl groups is 2. The minimum absolute atomic E-state index is 0.132. The van der Waals surface area contributed by atoms with Gasteiger partial charge in [-0.3, -0.25) is 0 Å². The Morgan fingerprint density at radius 1 is 1.31 bits per heavy atom. The first-order valence-electron chi connectivity index (χ1n) is 5.33. The Hall–Kier alpha value is -1.10. The molecule has 0 bridgehead atoms. The Morgan fingerprint density at radius 3 is 2.44 bits per heavy atom. The van der Waals surface area contributed by atoms with Gasteiger partial charge >= 0.3 is 0 Å². The molecular formula is C12H19NO3. The van der Waals surface area contributed by atoms with E-state index in [1.807, 2.05) is 31.2 Å². The molecule has 0 aliphatic carbocycles. The Balaban J connectivity index is 2.49. The smallest absolute Gasteiger partial charge is 0.118 e. The van der Waals surface area contributed by atoms with Crippen LogP contribution in [0.2, 0.25) is 0 Å². The van der Waals surface area contributed by atoms with Crippen LogP contribution in [0.4, 0.5) is 0 Å². The molecule has 0 radical (unpaired) electrons. The van der Waals surface area contributed by atoms with Gasteiger partial charge < -0.3 is 20.3 Å². The average Bonchev–Trinajstić information content (AvgIpc) is 2.35. The van der Waals surface area contributed by atoms with Crippen molar-refractivity contribution in [3.63, 3.8) is 0 Å². The molecule has 1 rings (SSSR count). The largest absolute Gasteiger partial charge is 0.497 e. The maximum absolute atomic E-state index is 9.20. The third kappa shape index (κ3) is 3.81. The van der Waals surface area contributed by atoms with Crippen molar-refractivity contribution < 1.29 is 14.9 Å². The second kappa shape index (κ2) is 6.48. The van der Waals surface area contributed by atoms with E-state index in [2.05, 4.69) is 5.32 Å². The van der Waals surface area contributed by atoms with Crippen molar-refractivity contribution in [2.24, 2.45) is 0 Å². The van der Waals surface area contributed by atoms with E-state index in [-0.39, 0.29) is 12.6 Å². The molecule has 0 heterocycles. The van der Waals surface area contributed by atoms with Gasteiger partial charge in [-0.15, -0.1) is 0 Å². The highest BCUT2D eigenvalue weighted by Crippen LogP contribution is 2.16. The first-order chi connectivity index (χ1) is 7.67. The molecule has 1 aromatic rings. The number of hydrogen-bond donors (Lipinski definition) is 3. The molecule has 1 aromatic carbocycles. The van der Waals surface area contributed by atoms with Crippen LogP contribution in [-0.4, -0.2) is 36.6 Å². The van der Waals surface area contributed by atoms with Crippen molar-refractivity contribution in [3.8, 4) is 5.75 Å². The van der Waals surface area contributed by atoms with Crippen molar-refractivity contribution in [2.45, 2.75) is 19.1 Å². The SMILES string of the molecule is COc1ccc([C@H](C)NC[C@H](O)CO)cc1. The van der Waals surface area contributed by atoms with E-state index < -0.39 is 6.10 Å². The van der Waals surface area contributed by atoms with Crippen LogP contribution < -0.4 is 10.1 Å². The standard InChI is InChI=1S/C12H19NO3/c1-9(13-7-11(15)8-14)10-3-5-12(16-2)6-4-10/h3-6,9,11,13-15H,7-8H2,1-2H3/t9-,11-/m0/s1. The number of aliphatic hydroxyl groups excluding tert-OH is 2. The first-order valence-corrected chi connectivity index (χ1v) is 5.33. The second-order valence-electron chi connectivity index (χ2n) is 3.74. The van der Waals surface area contributed by atoms with E-state index >= 15 is 0 Å². The van der Waals surface area contributed by atoms with Crippen molar-refractivity contribution >= 4 is 0 Å². The normalized spacial score (nSPS) is 14.5. The van der Waals surface area contributed by atoms with E-state index in [1.54, 1.807) is 7.11 Å². The molecule has 0 saturated carbocycles. The maximum Gasteiger partial charge on any atom is 0.118 e. The number of hydrogen-bond acceptors (Lipinski definition) is 4. The highest BCUT2D eigenvalue weighted by Gasteiger charge is 2.07. The van der Waals surface area contributed by atoms with Gasteiger partial charge in [-0.2, -0.15) is 0 Å². The topological polar surface area (TPSA) is 61.7 Å². The maximum atomic E-state index is 9.20. The van der Waals surface area contributed by atoms with Crippen LogP contribution in [0.15, 0.2) is 24.3 Å². The lowest BCUT2D eigenvalue weighted by Crippen LogP contribution is -2.31. The van der Waals surface area contributed by atoms with Crippen LogP contribution in [0.1, 0.15) is 18.5 Å². The van der Waals surface area contributed by atoms with E-state index in [9.17, 15) is 5.11 Å². The van der Waals surface area contributed by atoms with E-state index in [0.29, 0.717) is 6.54 Å². The highest BCUT2D eigenvalue weighted by molar-refractivity contribution is 5.28. The minimum atomic E-state index is -0.708. The molecule has 0 saturated heterocycles. The highest BCUT2D eigenvalue weighted by atomic mass is 16.5. The van der Waals surface area contributed by atoms with E-state index in [1.165, 1.54) is 0 Å². The molecule has 0 fully saturated rings. The lowest BCUT2D eigenvalue weighted by Gasteiger charge is -2.16. The number of ether oxygens (including phenoxy) is 1. The molecule has 0 aromatic heterocycles. The van der Waals surface area contributed by atoms with Crippen LogP contribution in [0, 0.1) is 0 Å². The van der Waals surface area contributed by atoms with Crippen molar-refractivity contribution in [1.82, 2.24) is 5.32 Å². The van der Waals surface area contributed by atoms with Gasteiger partial charge in [0.2, 0.25) is 0 Å². The summed E-state index contributed by atoms with van der Waals surface area (Å²) in [5, 5.41) is 21.0. The Kier molecular flexibility index (Phi) is 5.25. The summed E-state index contributed by atoms with van der Waals surface area (Å²) < 4.78 is 5.07. The quantitative estimate of drug-likeness (QED) is 0.667. The zero-order valence-corrected chi connectivity index (χ0v) is 9.68. The fraction of sp³-hybridized carbons (Fsp3) is 0.500. The molecule has 0 aliphatic rings. The molecule has 2 atom stereocenters. The second-order valence-corrected chi connectivity index (χ2v) is 3.74. The molecule has 3 N–H and O–H groups in total. The lowest BCUT2D eigenvalue weighted by atomic mass is 10.1. The van der Waals surface area contributed by atoms with Crippen LogP contribution in [-0.2, 0) is 0 Å². The summed E-state index contributed by atoms with van der Waals surface area (Å²) in [7, 11) is 1.63. The lowest BCUT2D eigenvalue weighted by molar-refractivity contribution is 0.0924. The van der Waals surface area contributed by atoms with Gasteiger partial charge in [0, 0.05) is 12.6 Å². The Morgan fingerprint density at radius 2 is 1.94 bits per heavy atom. The molecule has 0 amide bonds. The summed E-state index contributed by atoms with van der Waals surface area (Å²) in [5.41, 5.74) is 1.12. The third-order valence-corrected chi connectivity index (χ3v) is 2.49.